The monoisotopic (exact) mass is 285 g/mol. The van der Waals surface area contributed by atoms with E-state index in [1.54, 1.807) is 6.92 Å². The maximum Gasteiger partial charge on any atom is 0.435 e. The van der Waals surface area contributed by atoms with Crippen molar-refractivity contribution in [2.45, 2.75) is 19.6 Å². The largest absolute Gasteiger partial charge is 0.435 e. The number of nitrogens with one attached hydrogen (secondary N) is 2. The molecule has 2 rings (SSSR count). The van der Waals surface area contributed by atoms with Gasteiger partial charge in [0.15, 0.2) is 5.69 Å². The first kappa shape index (κ1) is 14.0. The summed E-state index contributed by atoms with van der Waals surface area (Å²) in [5.41, 5.74) is -0.818. The van der Waals surface area contributed by atoms with Gasteiger partial charge in [0, 0.05) is 11.8 Å². The highest BCUT2D eigenvalue weighted by atomic mass is 19.4. The van der Waals surface area contributed by atoms with Crippen LogP contribution in [0.4, 0.5) is 19.0 Å². The van der Waals surface area contributed by atoms with Gasteiger partial charge in [0.05, 0.1) is 6.54 Å². The maximum atomic E-state index is 12.3. The van der Waals surface area contributed by atoms with E-state index < -0.39 is 11.9 Å². The van der Waals surface area contributed by atoms with E-state index in [1.165, 1.54) is 6.07 Å². The van der Waals surface area contributed by atoms with Crippen LogP contribution in [0.2, 0.25) is 0 Å². The Morgan fingerprint density at radius 3 is 2.60 bits per heavy atom. The highest BCUT2D eigenvalue weighted by molar-refractivity contribution is 5.33. The van der Waals surface area contributed by atoms with Gasteiger partial charge in [-0.3, -0.25) is 4.79 Å². The molecule has 0 saturated heterocycles. The number of hydrogen-bond donors (Lipinski definition) is 2. The Labute approximate surface area is 111 Å². The van der Waals surface area contributed by atoms with Gasteiger partial charge in [-0.1, -0.05) is 0 Å². The quantitative estimate of drug-likeness (QED) is 0.892. The van der Waals surface area contributed by atoms with E-state index in [2.05, 4.69) is 25.5 Å². The minimum Gasteiger partial charge on any atom is -0.361 e. The van der Waals surface area contributed by atoms with Crippen LogP contribution in [0.1, 0.15) is 17.2 Å². The topological polar surface area (TPSA) is 83.6 Å². The number of halogens is 3. The van der Waals surface area contributed by atoms with Crippen molar-refractivity contribution in [3.05, 3.63) is 45.8 Å². The summed E-state index contributed by atoms with van der Waals surface area (Å²) in [6.45, 7) is 1.79. The predicted octanol–water partition coefficient (Wildman–Crippen LogP) is 1.50. The van der Waals surface area contributed by atoms with E-state index in [9.17, 15) is 18.0 Å². The molecule has 0 unspecified atom stereocenters. The molecule has 0 aliphatic heterocycles. The third-order valence-electron chi connectivity index (χ3n) is 2.31. The first-order valence-corrected chi connectivity index (χ1v) is 5.56. The Morgan fingerprint density at radius 1 is 1.30 bits per heavy atom. The second-order valence-electron chi connectivity index (χ2n) is 3.99. The molecule has 0 bridgehead atoms. The molecule has 106 valence electrons. The molecular weight excluding hydrogens is 275 g/mol. The minimum atomic E-state index is -4.52. The SMILES string of the molecule is Cc1cc(=O)[nH]c(CNc2ccc(C(F)(F)F)nn2)n1. The second-order valence-corrected chi connectivity index (χ2v) is 3.99. The number of H-pyrrole nitrogens is 1. The molecule has 0 aliphatic rings. The summed E-state index contributed by atoms with van der Waals surface area (Å²) in [6.07, 6.45) is -4.52. The highest BCUT2D eigenvalue weighted by Gasteiger charge is 2.32. The van der Waals surface area contributed by atoms with Crippen molar-refractivity contribution in [2.24, 2.45) is 0 Å². The van der Waals surface area contributed by atoms with Crippen LogP contribution in [0.15, 0.2) is 23.0 Å². The van der Waals surface area contributed by atoms with Crippen LogP contribution in [-0.2, 0) is 12.7 Å². The summed E-state index contributed by atoms with van der Waals surface area (Å²) in [7, 11) is 0. The lowest BCUT2D eigenvalue weighted by molar-refractivity contribution is -0.141. The summed E-state index contributed by atoms with van der Waals surface area (Å²) in [6, 6.07) is 3.31. The molecule has 2 aromatic rings. The van der Waals surface area contributed by atoms with Crippen LogP contribution in [0, 0.1) is 6.92 Å². The van der Waals surface area contributed by atoms with E-state index in [0.717, 1.165) is 12.1 Å². The lowest BCUT2D eigenvalue weighted by Crippen LogP contribution is -2.15. The maximum absolute atomic E-state index is 12.3. The lowest BCUT2D eigenvalue weighted by Gasteiger charge is -2.07. The van der Waals surface area contributed by atoms with Crippen molar-refractivity contribution in [1.29, 1.82) is 0 Å². The summed E-state index contributed by atoms with van der Waals surface area (Å²) in [4.78, 5) is 17.8. The fourth-order valence-electron chi connectivity index (χ4n) is 1.48. The summed E-state index contributed by atoms with van der Waals surface area (Å²) >= 11 is 0. The molecule has 20 heavy (non-hydrogen) atoms. The Kier molecular flexibility index (Phi) is 3.68. The average molecular weight is 285 g/mol. The van der Waals surface area contributed by atoms with Gasteiger partial charge in [0.1, 0.15) is 11.6 Å². The Bertz CT molecular complexity index is 650. The first-order chi connectivity index (χ1) is 9.34. The third-order valence-corrected chi connectivity index (χ3v) is 2.31. The molecule has 0 atom stereocenters. The molecule has 0 saturated carbocycles. The fraction of sp³-hybridized carbons (Fsp3) is 0.273. The summed E-state index contributed by atoms with van der Waals surface area (Å²) in [5.74, 6) is 0.513. The molecule has 0 aliphatic carbocycles. The Balaban J connectivity index is 2.06. The van der Waals surface area contributed by atoms with Gasteiger partial charge in [0.25, 0.3) is 5.56 Å². The van der Waals surface area contributed by atoms with Crippen LogP contribution in [-0.4, -0.2) is 20.2 Å². The smallest absolute Gasteiger partial charge is 0.361 e. The standard InChI is InChI=1S/C11H10F3N5O/c1-6-4-10(20)17-9(16-6)5-15-8-3-2-7(18-19-8)11(12,13)14/h2-4H,5H2,1H3,(H,15,19)(H,16,17,20). The normalized spacial score (nSPS) is 11.4. The highest BCUT2D eigenvalue weighted by Crippen LogP contribution is 2.27. The van der Waals surface area contributed by atoms with Gasteiger partial charge in [-0.25, -0.2) is 4.98 Å². The molecule has 2 aromatic heterocycles. The number of hydrogen-bond acceptors (Lipinski definition) is 5. The van der Waals surface area contributed by atoms with E-state index in [1.807, 2.05) is 0 Å². The zero-order valence-electron chi connectivity index (χ0n) is 10.3. The minimum absolute atomic E-state index is 0.122. The van der Waals surface area contributed by atoms with Crippen LogP contribution in [0.5, 0.6) is 0 Å². The lowest BCUT2D eigenvalue weighted by atomic mass is 10.3. The van der Waals surface area contributed by atoms with Crippen molar-refractivity contribution < 1.29 is 13.2 Å². The molecule has 0 fully saturated rings. The molecule has 9 heteroatoms. The zero-order chi connectivity index (χ0) is 14.8. The van der Waals surface area contributed by atoms with Gasteiger partial charge < -0.3 is 10.3 Å². The van der Waals surface area contributed by atoms with Gasteiger partial charge in [-0.05, 0) is 19.1 Å². The molecular formula is C11H10F3N5O. The van der Waals surface area contributed by atoms with Crippen LogP contribution < -0.4 is 10.9 Å². The number of aromatic nitrogens is 4. The van der Waals surface area contributed by atoms with Crippen molar-refractivity contribution in [3.8, 4) is 0 Å². The summed E-state index contributed by atoms with van der Waals surface area (Å²) in [5, 5.41) is 9.19. The van der Waals surface area contributed by atoms with E-state index in [0.29, 0.717) is 11.5 Å². The van der Waals surface area contributed by atoms with E-state index in [4.69, 9.17) is 0 Å². The van der Waals surface area contributed by atoms with Crippen LogP contribution in [0.25, 0.3) is 0 Å². The molecule has 0 aromatic carbocycles. The van der Waals surface area contributed by atoms with Crippen molar-refractivity contribution >= 4 is 5.82 Å². The van der Waals surface area contributed by atoms with Gasteiger partial charge in [0.2, 0.25) is 0 Å². The van der Waals surface area contributed by atoms with Crippen molar-refractivity contribution in [1.82, 2.24) is 20.2 Å². The molecule has 0 spiro atoms. The van der Waals surface area contributed by atoms with Gasteiger partial charge >= 0.3 is 6.18 Å². The number of rotatable bonds is 3. The number of nitrogens with zero attached hydrogens (tertiary/aromatic N) is 3. The molecule has 0 amide bonds. The molecule has 2 heterocycles. The zero-order valence-corrected chi connectivity index (χ0v) is 10.3. The van der Waals surface area contributed by atoms with Crippen LogP contribution >= 0.6 is 0 Å². The fourth-order valence-corrected chi connectivity index (χ4v) is 1.48. The van der Waals surface area contributed by atoms with E-state index >= 15 is 0 Å². The number of alkyl halides is 3. The van der Waals surface area contributed by atoms with Crippen LogP contribution in [0.3, 0.4) is 0 Å². The predicted molar refractivity (Wildman–Crippen MR) is 64.0 cm³/mol. The number of aryl methyl sites for hydroxylation is 1. The number of aromatic amines is 1. The van der Waals surface area contributed by atoms with Crippen molar-refractivity contribution in [3.63, 3.8) is 0 Å². The number of anilines is 1. The molecule has 6 nitrogen and oxygen atoms in total. The van der Waals surface area contributed by atoms with E-state index in [-0.39, 0.29) is 17.9 Å². The Morgan fingerprint density at radius 2 is 2.05 bits per heavy atom. The third kappa shape index (κ3) is 3.53. The van der Waals surface area contributed by atoms with Gasteiger partial charge in [-0.2, -0.15) is 13.2 Å². The Hall–Kier alpha value is -2.45. The average Bonchev–Trinajstić information content (AvgIpc) is 2.35. The first-order valence-electron chi connectivity index (χ1n) is 5.56. The summed E-state index contributed by atoms with van der Waals surface area (Å²) < 4.78 is 36.9. The molecule has 0 radical (unpaired) electrons. The molecule has 2 N–H and O–H groups in total. The second kappa shape index (κ2) is 5.27. The van der Waals surface area contributed by atoms with Gasteiger partial charge in [-0.15, -0.1) is 10.2 Å². The van der Waals surface area contributed by atoms with Crippen molar-refractivity contribution in [2.75, 3.05) is 5.32 Å².